The summed E-state index contributed by atoms with van der Waals surface area (Å²) < 4.78 is 27.9. The molecule has 1 aromatic heterocycles. The molecule has 0 radical (unpaired) electrons. The second-order valence-corrected chi connectivity index (χ2v) is 5.07. The van der Waals surface area contributed by atoms with Gasteiger partial charge in [-0.2, -0.15) is 5.10 Å². The number of rotatable bonds is 6. The molecule has 3 N–H and O–H groups in total. The van der Waals surface area contributed by atoms with E-state index in [1.54, 1.807) is 7.05 Å². The highest BCUT2D eigenvalue weighted by atomic mass is 19.1. The van der Waals surface area contributed by atoms with Crippen molar-refractivity contribution in [2.24, 2.45) is 7.05 Å². The van der Waals surface area contributed by atoms with Gasteiger partial charge in [0.15, 0.2) is 0 Å². The molecule has 0 aliphatic carbocycles. The van der Waals surface area contributed by atoms with Crippen molar-refractivity contribution >= 4 is 17.8 Å². The van der Waals surface area contributed by atoms with E-state index in [9.17, 15) is 18.4 Å². The second-order valence-electron chi connectivity index (χ2n) is 5.07. The first kappa shape index (κ1) is 17.4. The summed E-state index contributed by atoms with van der Waals surface area (Å²) in [7, 11) is 1.57. The van der Waals surface area contributed by atoms with E-state index < -0.39 is 23.6 Å². The van der Waals surface area contributed by atoms with Crippen LogP contribution in [-0.4, -0.2) is 33.4 Å². The van der Waals surface area contributed by atoms with Gasteiger partial charge < -0.3 is 10.4 Å². The number of aryl methyl sites for hydroxylation is 1. The molecule has 0 saturated carbocycles. The average Bonchev–Trinajstić information content (AvgIpc) is 2.84. The lowest BCUT2D eigenvalue weighted by Gasteiger charge is -2.06. The lowest BCUT2D eigenvalue weighted by molar-refractivity contribution is -0.137. The molecule has 2 amide bonds. The quantitative estimate of drug-likeness (QED) is 0.705. The van der Waals surface area contributed by atoms with E-state index in [2.05, 4.69) is 15.7 Å². The zero-order valence-corrected chi connectivity index (χ0v) is 12.8. The molecule has 0 aliphatic rings. The Kier molecular flexibility index (Phi) is 5.46. The molecule has 2 aromatic rings. The lowest BCUT2D eigenvalue weighted by Crippen LogP contribution is -2.30. The summed E-state index contributed by atoms with van der Waals surface area (Å²) in [4.78, 5) is 22.1. The lowest BCUT2D eigenvalue weighted by atomic mass is 10.1. The first-order valence-electron chi connectivity index (χ1n) is 7.12. The highest BCUT2D eigenvalue weighted by molar-refractivity contribution is 5.89. The number of hydrogen-bond acceptors (Lipinski definition) is 3. The van der Waals surface area contributed by atoms with Gasteiger partial charge in [0, 0.05) is 37.7 Å². The predicted molar refractivity (Wildman–Crippen MR) is 82.5 cm³/mol. The molecule has 1 aromatic carbocycles. The van der Waals surface area contributed by atoms with Crippen LogP contribution in [0.25, 0.3) is 11.3 Å². The summed E-state index contributed by atoms with van der Waals surface area (Å²) in [6.07, 6.45) is 0.267. The summed E-state index contributed by atoms with van der Waals surface area (Å²) in [6.45, 7) is 0.206. The maximum absolute atomic E-state index is 13.3. The molecule has 0 spiro atoms. The van der Waals surface area contributed by atoms with Gasteiger partial charge in [-0.15, -0.1) is 0 Å². The van der Waals surface area contributed by atoms with Gasteiger partial charge in [-0.3, -0.25) is 14.8 Å². The van der Waals surface area contributed by atoms with Crippen LogP contribution in [0.5, 0.6) is 0 Å². The van der Waals surface area contributed by atoms with E-state index >= 15 is 0 Å². The summed E-state index contributed by atoms with van der Waals surface area (Å²) >= 11 is 0. The van der Waals surface area contributed by atoms with Crippen molar-refractivity contribution < 1.29 is 23.5 Å². The van der Waals surface area contributed by atoms with E-state index in [0.717, 1.165) is 18.2 Å². The number of nitrogens with one attached hydrogen (secondary N) is 2. The van der Waals surface area contributed by atoms with Gasteiger partial charge in [0.25, 0.3) is 0 Å². The number of aromatic nitrogens is 2. The number of benzene rings is 1. The molecule has 9 heteroatoms. The van der Waals surface area contributed by atoms with E-state index in [0.29, 0.717) is 17.9 Å². The van der Waals surface area contributed by atoms with Crippen molar-refractivity contribution in [3.63, 3.8) is 0 Å². The standard InChI is InChI=1S/C15H16F2N4O3/c1-21-13(19-15(24)18-4-2-3-14(22)23)8-12(20-21)9-5-10(16)7-11(17)6-9/h5-8H,2-4H2,1H3,(H,22,23)(H2,18,19,24). The van der Waals surface area contributed by atoms with E-state index in [1.807, 2.05) is 0 Å². The zero-order valence-electron chi connectivity index (χ0n) is 12.8. The van der Waals surface area contributed by atoms with Crippen LogP contribution in [0.4, 0.5) is 19.4 Å². The number of carbonyl (C=O) groups is 2. The maximum atomic E-state index is 13.3. The predicted octanol–water partition coefficient (Wildman–Crippen LogP) is 2.35. The smallest absolute Gasteiger partial charge is 0.320 e. The number of carbonyl (C=O) groups excluding carboxylic acids is 1. The van der Waals surface area contributed by atoms with Crippen molar-refractivity contribution in [3.05, 3.63) is 35.9 Å². The van der Waals surface area contributed by atoms with Gasteiger partial charge in [0.1, 0.15) is 17.5 Å². The molecule has 0 fully saturated rings. The normalized spacial score (nSPS) is 10.5. The van der Waals surface area contributed by atoms with Gasteiger partial charge in [-0.25, -0.2) is 13.6 Å². The summed E-state index contributed by atoms with van der Waals surface area (Å²) in [5, 5.41) is 17.6. The molecule has 0 saturated heterocycles. The zero-order chi connectivity index (χ0) is 17.7. The van der Waals surface area contributed by atoms with Gasteiger partial charge in [-0.05, 0) is 18.6 Å². The molecular weight excluding hydrogens is 322 g/mol. The van der Waals surface area contributed by atoms with Crippen LogP contribution in [-0.2, 0) is 11.8 Å². The first-order valence-corrected chi connectivity index (χ1v) is 7.12. The number of anilines is 1. The highest BCUT2D eigenvalue weighted by Crippen LogP contribution is 2.23. The molecular formula is C15H16F2N4O3. The van der Waals surface area contributed by atoms with Crippen molar-refractivity contribution in [2.45, 2.75) is 12.8 Å². The SMILES string of the molecule is Cn1nc(-c2cc(F)cc(F)c2)cc1NC(=O)NCCCC(=O)O. The fraction of sp³-hybridized carbons (Fsp3) is 0.267. The Bertz CT molecular complexity index is 741. The van der Waals surface area contributed by atoms with Crippen LogP contribution < -0.4 is 10.6 Å². The fourth-order valence-corrected chi connectivity index (χ4v) is 2.03. The largest absolute Gasteiger partial charge is 0.481 e. The van der Waals surface area contributed by atoms with Crippen LogP contribution in [0, 0.1) is 11.6 Å². The Hall–Kier alpha value is -2.97. The minimum atomic E-state index is -0.934. The Labute approximate surface area is 136 Å². The van der Waals surface area contributed by atoms with Crippen LogP contribution in [0.15, 0.2) is 24.3 Å². The van der Waals surface area contributed by atoms with Gasteiger partial charge in [-0.1, -0.05) is 0 Å². The van der Waals surface area contributed by atoms with Crippen molar-refractivity contribution in [2.75, 3.05) is 11.9 Å². The number of carboxylic acids is 1. The second kappa shape index (κ2) is 7.53. The average molecular weight is 338 g/mol. The molecule has 1 heterocycles. The fourth-order valence-electron chi connectivity index (χ4n) is 2.03. The van der Waals surface area contributed by atoms with Crippen molar-refractivity contribution in [1.29, 1.82) is 0 Å². The molecule has 0 bridgehead atoms. The van der Waals surface area contributed by atoms with Gasteiger partial charge in [0.2, 0.25) is 0 Å². The van der Waals surface area contributed by atoms with Crippen LogP contribution in [0.1, 0.15) is 12.8 Å². The van der Waals surface area contributed by atoms with Crippen LogP contribution in [0.3, 0.4) is 0 Å². The van der Waals surface area contributed by atoms with Crippen LogP contribution >= 0.6 is 0 Å². The number of nitrogens with zero attached hydrogens (tertiary/aromatic N) is 2. The van der Waals surface area contributed by atoms with Crippen molar-refractivity contribution in [1.82, 2.24) is 15.1 Å². The minimum absolute atomic E-state index is 0.0404. The molecule has 128 valence electrons. The number of hydrogen-bond donors (Lipinski definition) is 3. The summed E-state index contributed by atoms with van der Waals surface area (Å²) in [5.74, 6) is -2.05. The third kappa shape index (κ3) is 4.77. The monoisotopic (exact) mass is 338 g/mol. The van der Waals surface area contributed by atoms with Crippen molar-refractivity contribution in [3.8, 4) is 11.3 Å². The minimum Gasteiger partial charge on any atom is -0.481 e. The summed E-state index contributed by atoms with van der Waals surface area (Å²) in [5.41, 5.74) is 0.551. The number of amides is 2. The number of carboxylic acid groups (broad SMARTS) is 1. The number of halogens is 2. The highest BCUT2D eigenvalue weighted by Gasteiger charge is 2.12. The third-order valence-electron chi connectivity index (χ3n) is 3.13. The Balaban J connectivity index is 2.01. The molecule has 7 nitrogen and oxygen atoms in total. The number of aliphatic carboxylic acids is 1. The molecule has 0 unspecified atom stereocenters. The number of urea groups is 1. The first-order chi connectivity index (χ1) is 11.3. The topological polar surface area (TPSA) is 96.3 Å². The maximum Gasteiger partial charge on any atom is 0.320 e. The van der Waals surface area contributed by atoms with Gasteiger partial charge >= 0.3 is 12.0 Å². The van der Waals surface area contributed by atoms with E-state index in [4.69, 9.17) is 5.11 Å². The Morgan fingerprint density at radius 3 is 2.50 bits per heavy atom. The third-order valence-corrected chi connectivity index (χ3v) is 3.13. The molecule has 0 aliphatic heterocycles. The molecule has 24 heavy (non-hydrogen) atoms. The Morgan fingerprint density at radius 1 is 1.21 bits per heavy atom. The van der Waals surface area contributed by atoms with E-state index in [1.165, 1.54) is 10.7 Å². The molecule has 2 rings (SSSR count). The van der Waals surface area contributed by atoms with Crippen LogP contribution in [0.2, 0.25) is 0 Å². The summed E-state index contributed by atoms with van der Waals surface area (Å²) in [6, 6.07) is 3.99. The Morgan fingerprint density at radius 2 is 1.88 bits per heavy atom. The van der Waals surface area contributed by atoms with Gasteiger partial charge in [0.05, 0.1) is 5.69 Å². The molecule has 0 atom stereocenters. The van der Waals surface area contributed by atoms with E-state index in [-0.39, 0.29) is 18.5 Å².